The molecule has 0 saturated carbocycles. The Bertz CT molecular complexity index is 449. The van der Waals surface area contributed by atoms with E-state index >= 15 is 0 Å². The summed E-state index contributed by atoms with van der Waals surface area (Å²) in [5.74, 6) is 0.441. The quantitative estimate of drug-likeness (QED) is 0.772. The molecule has 0 radical (unpaired) electrons. The molecule has 0 aliphatic carbocycles. The Morgan fingerprint density at radius 1 is 1.56 bits per heavy atom. The number of hydrogen-bond donors (Lipinski definition) is 0. The monoisotopic (exact) mass is 269 g/mol. The maximum atomic E-state index is 13.7. The minimum Gasteiger partial charge on any atom is -0.338 e. The van der Waals surface area contributed by atoms with Gasteiger partial charge >= 0.3 is 0 Å². The standard InChI is InChI=1S/C14H17ClFNO/c1-10-2-3-12(13(16)8-10)14(18)17-7-5-11(9-17)4-6-15/h2-3,8,11H,4-7,9H2,1H3. The summed E-state index contributed by atoms with van der Waals surface area (Å²) in [4.78, 5) is 13.9. The van der Waals surface area contributed by atoms with Gasteiger partial charge in [0, 0.05) is 19.0 Å². The molecule has 18 heavy (non-hydrogen) atoms. The van der Waals surface area contributed by atoms with E-state index in [1.807, 2.05) is 6.92 Å². The van der Waals surface area contributed by atoms with Gasteiger partial charge in [-0.25, -0.2) is 4.39 Å². The van der Waals surface area contributed by atoms with Crippen molar-refractivity contribution in [2.24, 2.45) is 5.92 Å². The Balaban J connectivity index is 2.08. The van der Waals surface area contributed by atoms with Crippen LogP contribution in [-0.2, 0) is 0 Å². The summed E-state index contributed by atoms with van der Waals surface area (Å²) < 4.78 is 13.7. The topological polar surface area (TPSA) is 20.3 Å². The maximum absolute atomic E-state index is 13.7. The highest BCUT2D eigenvalue weighted by Gasteiger charge is 2.27. The number of carbonyl (C=O) groups is 1. The van der Waals surface area contributed by atoms with Crippen molar-refractivity contribution in [3.8, 4) is 0 Å². The summed E-state index contributed by atoms with van der Waals surface area (Å²) in [7, 11) is 0. The van der Waals surface area contributed by atoms with Crippen molar-refractivity contribution < 1.29 is 9.18 Å². The van der Waals surface area contributed by atoms with E-state index in [2.05, 4.69) is 0 Å². The zero-order valence-corrected chi connectivity index (χ0v) is 11.2. The van der Waals surface area contributed by atoms with Gasteiger partial charge in [0.2, 0.25) is 0 Å². The maximum Gasteiger partial charge on any atom is 0.256 e. The van der Waals surface area contributed by atoms with Gasteiger partial charge in [-0.05, 0) is 43.4 Å². The molecule has 2 rings (SSSR count). The van der Waals surface area contributed by atoms with Crippen molar-refractivity contribution in [2.75, 3.05) is 19.0 Å². The number of nitrogens with zero attached hydrogens (tertiary/aromatic N) is 1. The molecule has 1 saturated heterocycles. The molecular weight excluding hydrogens is 253 g/mol. The van der Waals surface area contributed by atoms with Gasteiger partial charge in [0.05, 0.1) is 5.56 Å². The number of carbonyl (C=O) groups excluding carboxylic acids is 1. The van der Waals surface area contributed by atoms with Crippen LogP contribution < -0.4 is 0 Å². The third-order valence-electron chi connectivity index (χ3n) is 3.45. The summed E-state index contributed by atoms with van der Waals surface area (Å²) in [5.41, 5.74) is 0.998. The molecule has 0 N–H and O–H groups in total. The lowest BCUT2D eigenvalue weighted by Gasteiger charge is -2.17. The SMILES string of the molecule is Cc1ccc(C(=O)N2CCC(CCCl)C2)c(F)c1. The summed E-state index contributed by atoms with van der Waals surface area (Å²) in [6.45, 7) is 3.20. The van der Waals surface area contributed by atoms with Crippen LogP contribution in [0.3, 0.4) is 0 Å². The lowest BCUT2D eigenvalue weighted by molar-refractivity contribution is 0.0782. The molecule has 0 spiro atoms. The number of alkyl halides is 1. The van der Waals surface area contributed by atoms with Gasteiger partial charge in [0.25, 0.3) is 5.91 Å². The van der Waals surface area contributed by atoms with Crippen LogP contribution in [0.2, 0.25) is 0 Å². The summed E-state index contributed by atoms with van der Waals surface area (Å²) in [5, 5.41) is 0. The number of aryl methyl sites for hydroxylation is 1. The van der Waals surface area contributed by atoms with Crippen LogP contribution in [0.1, 0.15) is 28.8 Å². The molecule has 0 aromatic heterocycles. The second kappa shape index (κ2) is 5.70. The van der Waals surface area contributed by atoms with E-state index in [0.29, 0.717) is 24.9 Å². The van der Waals surface area contributed by atoms with E-state index in [4.69, 9.17) is 11.6 Å². The molecule has 2 nitrogen and oxygen atoms in total. The number of hydrogen-bond acceptors (Lipinski definition) is 1. The van der Waals surface area contributed by atoms with Crippen molar-refractivity contribution in [1.29, 1.82) is 0 Å². The minimum atomic E-state index is -0.430. The average molecular weight is 270 g/mol. The highest BCUT2D eigenvalue weighted by atomic mass is 35.5. The zero-order valence-electron chi connectivity index (χ0n) is 10.5. The molecule has 1 aromatic carbocycles. The van der Waals surface area contributed by atoms with Gasteiger partial charge in [0.15, 0.2) is 0 Å². The summed E-state index contributed by atoms with van der Waals surface area (Å²) in [6.07, 6.45) is 1.88. The Morgan fingerprint density at radius 3 is 3.00 bits per heavy atom. The van der Waals surface area contributed by atoms with E-state index in [-0.39, 0.29) is 11.5 Å². The number of halogens is 2. The predicted octanol–water partition coefficient (Wildman–Crippen LogP) is 3.23. The van der Waals surface area contributed by atoms with Gasteiger partial charge < -0.3 is 4.90 Å². The largest absolute Gasteiger partial charge is 0.338 e. The molecule has 0 bridgehead atoms. The third-order valence-corrected chi connectivity index (χ3v) is 3.66. The van der Waals surface area contributed by atoms with Crippen LogP contribution in [0.15, 0.2) is 18.2 Å². The Kier molecular flexibility index (Phi) is 4.23. The normalized spacial score (nSPS) is 19.3. The van der Waals surface area contributed by atoms with Crippen LogP contribution in [0.5, 0.6) is 0 Å². The molecule has 98 valence electrons. The van der Waals surface area contributed by atoms with Crippen LogP contribution in [0.25, 0.3) is 0 Å². The Labute approximate surface area is 112 Å². The number of likely N-dealkylation sites (tertiary alicyclic amines) is 1. The van der Waals surface area contributed by atoms with Gasteiger partial charge in [0.1, 0.15) is 5.82 Å². The molecule has 1 fully saturated rings. The van der Waals surface area contributed by atoms with Crippen LogP contribution in [0.4, 0.5) is 4.39 Å². The molecule has 1 heterocycles. The molecule has 1 aromatic rings. The van der Waals surface area contributed by atoms with E-state index < -0.39 is 5.82 Å². The van der Waals surface area contributed by atoms with Gasteiger partial charge in [-0.3, -0.25) is 4.79 Å². The second-order valence-electron chi connectivity index (χ2n) is 4.87. The lowest BCUT2D eigenvalue weighted by atomic mass is 10.1. The first kappa shape index (κ1) is 13.3. The fourth-order valence-corrected chi connectivity index (χ4v) is 2.68. The van der Waals surface area contributed by atoms with Crippen molar-refractivity contribution in [3.05, 3.63) is 35.1 Å². The van der Waals surface area contributed by atoms with Crippen LogP contribution in [0, 0.1) is 18.7 Å². The van der Waals surface area contributed by atoms with Crippen molar-refractivity contribution in [1.82, 2.24) is 4.90 Å². The Morgan fingerprint density at radius 2 is 2.33 bits per heavy atom. The molecule has 1 unspecified atom stereocenters. The first-order valence-corrected chi connectivity index (χ1v) is 6.76. The molecule has 4 heteroatoms. The minimum absolute atomic E-state index is 0.173. The highest BCUT2D eigenvalue weighted by Crippen LogP contribution is 2.22. The molecular formula is C14H17ClFNO. The second-order valence-corrected chi connectivity index (χ2v) is 5.24. The molecule has 1 atom stereocenters. The van der Waals surface area contributed by atoms with E-state index in [0.717, 1.165) is 18.4 Å². The summed E-state index contributed by atoms with van der Waals surface area (Å²) >= 11 is 5.71. The molecule has 1 amide bonds. The fraction of sp³-hybridized carbons (Fsp3) is 0.500. The average Bonchev–Trinajstić information content (AvgIpc) is 2.77. The molecule has 1 aliphatic rings. The van der Waals surface area contributed by atoms with Crippen molar-refractivity contribution in [3.63, 3.8) is 0 Å². The predicted molar refractivity (Wildman–Crippen MR) is 70.5 cm³/mol. The first-order chi connectivity index (χ1) is 8.61. The van der Waals surface area contributed by atoms with Crippen LogP contribution in [-0.4, -0.2) is 29.8 Å². The van der Waals surface area contributed by atoms with Gasteiger partial charge in [-0.1, -0.05) is 6.07 Å². The first-order valence-electron chi connectivity index (χ1n) is 6.23. The highest BCUT2D eigenvalue weighted by molar-refractivity contribution is 6.17. The molecule has 1 aliphatic heterocycles. The van der Waals surface area contributed by atoms with Crippen LogP contribution >= 0.6 is 11.6 Å². The smallest absolute Gasteiger partial charge is 0.256 e. The summed E-state index contributed by atoms with van der Waals surface area (Å²) in [6, 6.07) is 4.74. The Hall–Kier alpha value is -1.09. The number of amides is 1. The van der Waals surface area contributed by atoms with E-state index in [9.17, 15) is 9.18 Å². The van der Waals surface area contributed by atoms with Gasteiger partial charge in [-0.15, -0.1) is 11.6 Å². The van der Waals surface area contributed by atoms with E-state index in [1.165, 1.54) is 6.07 Å². The van der Waals surface area contributed by atoms with Crippen molar-refractivity contribution >= 4 is 17.5 Å². The lowest BCUT2D eigenvalue weighted by Crippen LogP contribution is -2.29. The van der Waals surface area contributed by atoms with E-state index in [1.54, 1.807) is 17.0 Å². The third kappa shape index (κ3) is 2.83. The number of rotatable bonds is 3. The zero-order chi connectivity index (χ0) is 13.1. The van der Waals surface area contributed by atoms with Gasteiger partial charge in [-0.2, -0.15) is 0 Å². The van der Waals surface area contributed by atoms with Crippen molar-refractivity contribution in [2.45, 2.75) is 19.8 Å². The fourth-order valence-electron chi connectivity index (χ4n) is 2.37. The number of benzene rings is 1.